The predicted molar refractivity (Wildman–Crippen MR) is 56.9 cm³/mol. The highest BCUT2D eigenvalue weighted by molar-refractivity contribution is 5.85. The first-order valence-corrected chi connectivity index (χ1v) is 4.64. The first kappa shape index (κ1) is 11.2. The van der Waals surface area contributed by atoms with E-state index >= 15 is 0 Å². The van der Waals surface area contributed by atoms with Crippen LogP contribution < -0.4 is 5.32 Å². The lowest BCUT2D eigenvalue weighted by Gasteiger charge is -2.03. The lowest BCUT2D eigenvalue weighted by atomic mass is 10.4. The van der Waals surface area contributed by atoms with Crippen LogP contribution in [0.25, 0.3) is 0 Å². The second kappa shape index (κ2) is 5.74. The number of anilines is 1. The highest BCUT2D eigenvalue weighted by Gasteiger charge is 2.04. The topological polar surface area (TPSA) is 75.1 Å². The van der Waals surface area contributed by atoms with E-state index in [1.54, 1.807) is 0 Å². The zero-order valence-corrected chi connectivity index (χ0v) is 8.47. The summed E-state index contributed by atoms with van der Waals surface area (Å²) in [4.78, 5) is 18.2. The number of carboxylic acid groups (broad SMARTS) is 1. The molecular formula is C10H13N3O2. The van der Waals surface area contributed by atoms with Crippen LogP contribution in [0.3, 0.4) is 0 Å². The average molecular weight is 207 g/mol. The van der Waals surface area contributed by atoms with E-state index in [0.717, 1.165) is 6.42 Å². The molecule has 5 nitrogen and oxygen atoms in total. The molecule has 0 radical (unpaired) electrons. The maximum atomic E-state index is 10.6. The van der Waals surface area contributed by atoms with Gasteiger partial charge in [0.25, 0.3) is 0 Å². The van der Waals surface area contributed by atoms with Crippen molar-refractivity contribution in [3.8, 4) is 0 Å². The number of carboxylic acids is 1. The minimum absolute atomic E-state index is 0.0500. The molecule has 0 atom stereocenters. The molecule has 0 saturated heterocycles. The fraction of sp³-hybridized carbons (Fsp3) is 0.300. The van der Waals surface area contributed by atoms with Crippen molar-refractivity contribution >= 4 is 11.8 Å². The summed E-state index contributed by atoms with van der Waals surface area (Å²) in [6, 6.07) is 0. The Balaban J connectivity index is 2.54. The van der Waals surface area contributed by atoms with Gasteiger partial charge in [-0.25, -0.2) is 9.78 Å². The summed E-state index contributed by atoms with van der Waals surface area (Å²) in [5.41, 5.74) is -0.0500. The Morgan fingerprint density at radius 3 is 3.07 bits per heavy atom. The first-order chi connectivity index (χ1) is 7.24. The van der Waals surface area contributed by atoms with Gasteiger partial charge in [0, 0.05) is 6.54 Å². The molecule has 2 N–H and O–H groups in total. The number of allylic oxidation sites excluding steroid dienone is 1. The van der Waals surface area contributed by atoms with E-state index in [4.69, 9.17) is 5.11 Å². The first-order valence-electron chi connectivity index (χ1n) is 4.64. The van der Waals surface area contributed by atoms with Crippen LogP contribution in [-0.2, 0) is 0 Å². The maximum absolute atomic E-state index is 10.6. The minimum Gasteiger partial charge on any atom is -0.476 e. The van der Waals surface area contributed by atoms with E-state index < -0.39 is 5.97 Å². The van der Waals surface area contributed by atoms with Crippen molar-refractivity contribution in [2.75, 3.05) is 11.9 Å². The molecule has 0 aromatic carbocycles. The molecule has 80 valence electrons. The van der Waals surface area contributed by atoms with Crippen molar-refractivity contribution in [3.63, 3.8) is 0 Å². The van der Waals surface area contributed by atoms with E-state index in [2.05, 4.69) is 15.3 Å². The second-order valence-electron chi connectivity index (χ2n) is 2.88. The highest BCUT2D eigenvalue weighted by atomic mass is 16.4. The van der Waals surface area contributed by atoms with Crippen LogP contribution in [0.5, 0.6) is 0 Å². The van der Waals surface area contributed by atoms with Crippen LogP contribution in [0.15, 0.2) is 24.5 Å². The van der Waals surface area contributed by atoms with Crippen molar-refractivity contribution in [1.29, 1.82) is 0 Å². The van der Waals surface area contributed by atoms with Gasteiger partial charge in [0.2, 0.25) is 0 Å². The quantitative estimate of drug-likeness (QED) is 0.566. The molecule has 0 aliphatic rings. The number of hydrogen-bond donors (Lipinski definition) is 2. The van der Waals surface area contributed by atoms with Crippen LogP contribution >= 0.6 is 0 Å². The lowest BCUT2D eigenvalue weighted by molar-refractivity contribution is 0.0690. The van der Waals surface area contributed by atoms with E-state index in [1.807, 2.05) is 19.1 Å². The number of aromatic nitrogens is 2. The van der Waals surface area contributed by atoms with Gasteiger partial charge in [0.05, 0.1) is 12.4 Å². The lowest BCUT2D eigenvalue weighted by Crippen LogP contribution is -2.07. The molecule has 0 amide bonds. The molecule has 1 rings (SSSR count). The summed E-state index contributed by atoms with van der Waals surface area (Å²) in [6.07, 6.45) is 7.57. The van der Waals surface area contributed by atoms with E-state index in [1.165, 1.54) is 12.4 Å². The van der Waals surface area contributed by atoms with E-state index in [0.29, 0.717) is 12.4 Å². The largest absolute Gasteiger partial charge is 0.476 e. The SMILES string of the molecule is C/C=C/CCNc1cncc(C(=O)O)n1. The fourth-order valence-electron chi connectivity index (χ4n) is 1.00. The zero-order valence-electron chi connectivity index (χ0n) is 8.47. The molecular weight excluding hydrogens is 194 g/mol. The van der Waals surface area contributed by atoms with Crippen molar-refractivity contribution < 1.29 is 9.90 Å². The smallest absolute Gasteiger partial charge is 0.356 e. The molecule has 1 aromatic heterocycles. The molecule has 0 spiro atoms. The van der Waals surface area contributed by atoms with Crippen LogP contribution in [0.2, 0.25) is 0 Å². The van der Waals surface area contributed by atoms with Gasteiger partial charge in [0.15, 0.2) is 5.69 Å². The minimum atomic E-state index is -1.07. The molecule has 0 bridgehead atoms. The number of hydrogen-bond acceptors (Lipinski definition) is 4. The standard InChI is InChI=1S/C10H13N3O2/c1-2-3-4-5-12-9-7-11-6-8(13-9)10(14)15/h2-3,6-7H,4-5H2,1H3,(H,12,13)(H,14,15)/b3-2+. The predicted octanol–water partition coefficient (Wildman–Crippen LogP) is 1.55. The molecule has 1 heterocycles. The van der Waals surface area contributed by atoms with Crippen LogP contribution in [-0.4, -0.2) is 27.6 Å². The molecule has 0 aliphatic heterocycles. The monoisotopic (exact) mass is 207 g/mol. The normalized spacial score (nSPS) is 10.5. The van der Waals surface area contributed by atoms with Gasteiger partial charge in [-0.1, -0.05) is 12.2 Å². The summed E-state index contributed by atoms with van der Waals surface area (Å²) < 4.78 is 0. The molecule has 0 unspecified atom stereocenters. The van der Waals surface area contributed by atoms with E-state index in [-0.39, 0.29) is 5.69 Å². The maximum Gasteiger partial charge on any atom is 0.356 e. The third kappa shape index (κ3) is 3.76. The van der Waals surface area contributed by atoms with Crippen molar-refractivity contribution in [3.05, 3.63) is 30.2 Å². The van der Waals surface area contributed by atoms with Gasteiger partial charge in [-0.05, 0) is 13.3 Å². The Morgan fingerprint density at radius 1 is 1.60 bits per heavy atom. The van der Waals surface area contributed by atoms with Gasteiger partial charge in [-0.3, -0.25) is 4.98 Å². The average Bonchev–Trinajstić information content (AvgIpc) is 2.25. The Bertz CT molecular complexity index is 363. The zero-order chi connectivity index (χ0) is 11.1. The van der Waals surface area contributed by atoms with Crippen LogP contribution in [0.4, 0.5) is 5.82 Å². The van der Waals surface area contributed by atoms with Gasteiger partial charge < -0.3 is 10.4 Å². The number of aromatic carboxylic acids is 1. The van der Waals surface area contributed by atoms with Crippen molar-refractivity contribution in [2.24, 2.45) is 0 Å². The van der Waals surface area contributed by atoms with Gasteiger partial charge in [-0.15, -0.1) is 0 Å². The van der Waals surface area contributed by atoms with Gasteiger partial charge in [-0.2, -0.15) is 0 Å². The molecule has 5 heteroatoms. The molecule has 0 saturated carbocycles. The summed E-state index contributed by atoms with van der Waals surface area (Å²) in [5.74, 6) is -0.584. The van der Waals surface area contributed by atoms with Gasteiger partial charge in [0.1, 0.15) is 5.82 Å². The third-order valence-electron chi connectivity index (χ3n) is 1.71. The van der Waals surface area contributed by atoms with Gasteiger partial charge >= 0.3 is 5.97 Å². The number of nitrogens with zero attached hydrogens (tertiary/aromatic N) is 2. The number of rotatable bonds is 5. The Labute approximate surface area is 87.9 Å². The molecule has 0 aliphatic carbocycles. The van der Waals surface area contributed by atoms with Crippen molar-refractivity contribution in [2.45, 2.75) is 13.3 Å². The Kier molecular flexibility index (Phi) is 4.28. The summed E-state index contributed by atoms with van der Waals surface area (Å²) in [5, 5.41) is 11.7. The molecule has 1 aromatic rings. The summed E-state index contributed by atoms with van der Waals surface area (Å²) in [7, 11) is 0. The van der Waals surface area contributed by atoms with Crippen molar-refractivity contribution in [1.82, 2.24) is 9.97 Å². The third-order valence-corrected chi connectivity index (χ3v) is 1.71. The summed E-state index contributed by atoms with van der Waals surface area (Å²) >= 11 is 0. The van der Waals surface area contributed by atoms with Crippen LogP contribution in [0, 0.1) is 0 Å². The fourth-order valence-corrected chi connectivity index (χ4v) is 1.00. The molecule has 15 heavy (non-hydrogen) atoms. The summed E-state index contributed by atoms with van der Waals surface area (Å²) in [6.45, 7) is 2.66. The number of carbonyl (C=O) groups is 1. The molecule has 0 fully saturated rings. The Morgan fingerprint density at radius 2 is 2.40 bits per heavy atom. The Hall–Kier alpha value is -1.91. The van der Waals surface area contributed by atoms with Crippen LogP contribution in [0.1, 0.15) is 23.8 Å². The van der Waals surface area contributed by atoms with E-state index in [9.17, 15) is 4.79 Å². The number of nitrogens with one attached hydrogen (secondary N) is 1. The second-order valence-corrected chi connectivity index (χ2v) is 2.88. The highest BCUT2D eigenvalue weighted by Crippen LogP contribution is 2.02.